The Morgan fingerprint density at radius 3 is 2.50 bits per heavy atom. The van der Waals surface area contributed by atoms with E-state index in [0.717, 1.165) is 0 Å². The van der Waals surface area contributed by atoms with E-state index >= 15 is 0 Å². The van der Waals surface area contributed by atoms with Crippen molar-refractivity contribution in [3.8, 4) is 11.5 Å². The number of rotatable bonds is 6. The Morgan fingerprint density at radius 1 is 1.33 bits per heavy atom. The van der Waals surface area contributed by atoms with Crippen LogP contribution in [0.3, 0.4) is 0 Å². The van der Waals surface area contributed by atoms with Crippen LogP contribution in [-0.4, -0.2) is 30.4 Å². The molecule has 0 radical (unpaired) electrons. The van der Waals surface area contributed by atoms with Crippen molar-refractivity contribution in [3.63, 3.8) is 0 Å². The van der Waals surface area contributed by atoms with Crippen LogP contribution in [0.2, 0.25) is 0 Å². The number of carboxylic acid groups (broad SMARTS) is 1. The van der Waals surface area contributed by atoms with Gasteiger partial charge in [-0.3, -0.25) is 4.79 Å². The standard InChI is InChI=1S/C13H18O5/c1-8(6-12(14)15)13(16)10-7-9(17-2)4-5-11(10)18-3/h4-5,7-8,13,16H,6H2,1-3H3,(H,14,15). The molecule has 1 aromatic carbocycles. The zero-order valence-corrected chi connectivity index (χ0v) is 10.7. The number of hydrogen-bond donors (Lipinski definition) is 2. The molecule has 0 aliphatic rings. The van der Waals surface area contributed by atoms with Crippen molar-refractivity contribution in [2.75, 3.05) is 14.2 Å². The molecule has 0 aliphatic heterocycles. The Kier molecular flexibility index (Phi) is 4.97. The van der Waals surface area contributed by atoms with E-state index in [1.54, 1.807) is 25.1 Å². The van der Waals surface area contributed by atoms with Crippen LogP contribution in [0.25, 0.3) is 0 Å². The van der Waals surface area contributed by atoms with Crippen LogP contribution < -0.4 is 9.47 Å². The van der Waals surface area contributed by atoms with Crippen LogP contribution in [-0.2, 0) is 4.79 Å². The molecule has 0 bridgehead atoms. The summed E-state index contributed by atoms with van der Waals surface area (Å²) in [7, 11) is 3.03. The maximum Gasteiger partial charge on any atom is 0.303 e. The summed E-state index contributed by atoms with van der Waals surface area (Å²) in [5.74, 6) is -0.250. The minimum Gasteiger partial charge on any atom is -0.497 e. The molecule has 0 fully saturated rings. The second kappa shape index (κ2) is 6.26. The summed E-state index contributed by atoms with van der Waals surface area (Å²) in [4.78, 5) is 10.7. The number of benzene rings is 1. The molecule has 0 aliphatic carbocycles. The third-order valence-electron chi connectivity index (χ3n) is 2.79. The molecule has 0 amide bonds. The molecular weight excluding hydrogens is 236 g/mol. The maximum absolute atomic E-state index is 10.7. The molecule has 2 atom stereocenters. The summed E-state index contributed by atoms with van der Waals surface area (Å²) < 4.78 is 10.2. The average Bonchev–Trinajstić information content (AvgIpc) is 2.36. The molecule has 1 rings (SSSR count). The molecule has 0 saturated heterocycles. The summed E-state index contributed by atoms with van der Waals surface area (Å²) in [5, 5.41) is 18.9. The molecule has 100 valence electrons. The van der Waals surface area contributed by atoms with E-state index < -0.39 is 18.0 Å². The van der Waals surface area contributed by atoms with Gasteiger partial charge in [0.2, 0.25) is 0 Å². The summed E-state index contributed by atoms with van der Waals surface area (Å²) in [6.07, 6.45) is -1.02. The molecule has 2 N–H and O–H groups in total. The number of aliphatic carboxylic acids is 1. The van der Waals surface area contributed by atoms with E-state index in [-0.39, 0.29) is 6.42 Å². The maximum atomic E-state index is 10.7. The number of carbonyl (C=O) groups is 1. The Hall–Kier alpha value is -1.75. The van der Waals surface area contributed by atoms with Gasteiger partial charge in [0.05, 0.1) is 26.7 Å². The highest BCUT2D eigenvalue weighted by atomic mass is 16.5. The fraction of sp³-hybridized carbons (Fsp3) is 0.462. The monoisotopic (exact) mass is 254 g/mol. The lowest BCUT2D eigenvalue weighted by atomic mass is 9.94. The van der Waals surface area contributed by atoms with Crippen molar-refractivity contribution in [2.45, 2.75) is 19.4 Å². The van der Waals surface area contributed by atoms with Gasteiger partial charge in [0.15, 0.2) is 0 Å². The molecule has 0 saturated carbocycles. The largest absolute Gasteiger partial charge is 0.497 e. The first kappa shape index (κ1) is 14.3. The Morgan fingerprint density at radius 2 is 2.00 bits per heavy atom. The summed E-state index contributed by atoms with van der Waals surface area (Å²) >= 11 is 0. The van der Waals surface area contributed by atoms with Gasteiger partial charge >= 0.3 is 5.97 Å². The van der Waals surface area contributed by atoms with Gasteiger partial charge in [-0.25, -0.2) is 0 Å². The van der Waals surface area contributed by atoms with Crippen molar-refractivity contribution in [1.82, 2.24) is 0 Å². The van der Waals surface area contributed by atoms with E-state index in [9.17, 15) is 9.90 Å². The van der Waals surface area contributed by atoms with Gasteiger partial charge in [0.1, 0.15) is 11.5 Å². The van der Waals surface area contributed by atoms with Crippen LogP contribution in [0.5, 0.6) is 11.5 Å². The Labute approximate surface area is 106 Å². The summed E-state index contributed by atoms with van der Waals surface area (Å²) in [6, 6.07) is 5.06. The van der Waals surface area contributed by atoms with Crippen LogP contribution in [0.1, 0.15) is 25.0 Å². The van der Waals surface area contributed by atoms with Gasteiger partial charge in [-0.05, 0) is 24.1 Å². The number of hydrogen-bond acceptors (Lipinski definition) is 4. The molecule has 5 nitrogen and oxygen atoms in total. The molecule has 0 spiro atoms. The fourth-order valence-corrected chi connectivity index (χ4v) is 1.76. The first-order chi connectivity index (χ1) is 8.49. The van der Waals surface area contributed by atoms with Gasteiger partial charge in [-0.15, -0.1) is 0 Å². The quantitative estimate of drug-likeness (QED) is 0.810. The number of aliphatic hydroxyl groups is 1. The van der Waals surface area contributed by atoms with Crippen molar-refractivity contribution in [3.05, 3.63) is 23.8 Å². The molecule has 1 aromatic rings. The van der Waals surface area contributed by atoms with Crippen LogP contribution in [0.15, 0.2) is 18.2 Å². The van der Waals surface area contributed by atoms with Gasteiger partial charge in [0.25, 0.3) is 0 Å². The zero-order valence-electron chi connectivity index (χ0n) is 10.7. The SMILES string of the molecule is COc1ccc(OC)c(C(O)C(C)CC(=O)O)c1. The first-order valence-corrected chi connectivity index (χ1v) is 5.61. The predicted molar refractivity (Wildman–Crippen MR) is 65.9 cm³/mol. The Bertz CT molecular complexity index is 416. The van der Waals surface area contributed by atoms with Crippen molar-refractivity contribution in [2.24, 2.45) is 5.92 Å². The second-order valence-corrected chi connectivity index (χ2v) is 4.13. The topological polar surface area (TPSA) is 76.0 Å². The van der Waals surface area contributed by atoms with Crippen LogP contribution >= 0.6 is 0 Å². The van der Waals surface area contributed by atoms with E-state index in [0.29, 0.717) is 17.1 Å². The highest BCUT2D eigenvalue weighted by Gasteiger charge is 2.22. The molecule has 5 heteroatoms. The minimum atomic E-state index is -0.941. The highest BCUT2D eigenvalue weighted by Crippen LogP contribution is 2.34. The molecule has 2 unspecified atom stereocenters. The number of methoxy groups -OCH3 is 2. The highest BCUT2D eigenvalue weighted by molar-refractivity contribution is 5.67. The Balaban J connectivity index is 3.01. The van der Waals surface area contributed by atoms with Crippen molar-refractivity contribution >= 4 is 5.97 Å². The lowest BCUT2D eigenvalue weighted by Crippen LogP contribution is -2.14. The van der Waals surface area contributed by atoms with Crippen LogP contribution in [0.4, 0.5) is 0 Å². The fourth-order valence-electron chi connectivity index (χ4n) is 1.76. The average molecular weight is 254 g/mol. The van der Waals surface area contributed by atoms with Gasteiger partial charge in [-0.2, -0.15) is 0 Å². The number of carboxylic acids is 1. The van der Waals surface area contributed by atoms with Crippen LogP contribution in [0, 0.1) is 5.92 Å². The normalized spacial score (nSPS) is 13.8. The van der Waals surface area contributed by atoms with Gasteiger partial charge in [-0.1, -0.05) is 6.92 Å². The predicted octanol–water partition coefficient (Wildman–Crippen LogP) is 1.85. The molecule has 0 aromatic heterocycles. The zero-order chi connectivity index (χ0) is 13.7. The van der Waals surface area contributed by atoms with E-state index in [1.165, 1.54) is 14.2 Å². The first-order valence-electron chi connectivity index (χ1n) is 5.61. The van der Waals surface area contributed by atoms with Crippen molar-refractivity contribution < 1.29 is 24.5 Å². The lowest BCUT2D eigenvalue weighted by molar-refractivity contribution is -0.139. The third-order valence-corrected chi connectivity index (χ3v) is 2.79. The van der Waals surface area contributed by atoms with E-state index in [4.69, 9.17) is 14.6 Å². The van der Waals surface area contributed by atoms with E-state index in [2.05, 4.69) is 0 Å². The van der Waals surface area contributed by atoms with Gasteiger partial charge in [0, 0.05) is 5.56 Å². The molecule has 0 heterocycles. The van der Waals surface area contributed by atoms with E-state index in [1.807, 2.05) is 0 Å². The minimum absolute atomic E-state index is 0.110. The molecular formula is C13H18O5. The molecule has 18 heavy (non-hydrogen) atoms. The lowest BCUT2D eigenvalue weighted by Gasteiger charge is -2.20. The second-order valence-electron chi connectivity index (χ2n) is 4.13. The third kappa shape index (κ3) is 3.37. The van der Waals surface area contributed by atoms with Gasteiger partial charge < -0.3 is 19.7 Å². The summed E-state index contributed by atoms with van der Waals surface area (Å²) in [5.41, 5.74) is 0.533. The smallest absolute Gasteiger partial charge is 0.303 e. The van der Waals surface area contributed by atoms with Crippen molar-refractivity contribution in [1.29, 1.82) is 0 Å². The number of ether oxygens (including phenoxy) is 2. The number of aliphatic hydroxyl groups excluding tert-OH is 1. The summed E-state index contributed by atoms with van der Waals surface area (Å²) in [6.45, 7) is 1.68.